The summed E-state index contributed by atoms with van der Waals surface area (Å²) in [5.74, 6) is -0.138. The van der Waals surface area contributed by atoms with E-state index in [0.717, 1.165) is 23.7 Å². The number of hydrogen-bond donors (Lipinski definition) is 2. The largest absolute Gasteiger partial charge is 0.455 e. The predicted octanol–water partition coefficient (Wildman–Crippen LogP) is 0.320. The summed E-state index contributed by atoms with van der Waals surface area (Å²) in [5.41, 5.74) is 0. The third kappa shape index (κ3) is 3.45. The minimum absolute atomic E-state index is 0.0264. The Morgan fingerprint density at radius 3 is 2.76 bits per heavy atom. The molecule has 0 unspecified atom stereocenters. The number of nitrogens with one attached hydrogen (secondary N) is 2. The lowest BCUT2D eigenvalue weighted by Crippen LogP contribution is -2.45. The van der Waals surface area contributed by atoms with Crippen LogP contribution in [-0.4, -0.2) is 51.9 Å². The first-order valence-corrected chi connectivity index (χ1v) is 8.31. The zero-order valence-corrected chi connectivity index (χ0v) is 13.3. The second-order valence-corrected chi connectivity index (χ2v) is 7.46. The molecule has 0 radical (unpaired) electrons. The average molecular weight is 315 g/mol. The molecule has 0 aliphatic carbocycles. The summed E-state index contributed by atoms with van der Waals surface area (Å²) in [4.78, 5) is 12.2. The van der Waals surface area contributed by atoms with Crippen molar-refractivity contribution < 1.29 is 17.6 Å². The smallest absolute Gasteiger partial charge is 0.287 e. The number of rotatable bonds is 4. The highest BCUT2D eigenvalue weighted by molar-refractivity contribution is 7.89. The van der Waals surface area contributed by atoms with Gasteiger partial charge >= 0.3 is 0 Å². The number of piperidine rings is 1. The molecule has 118 valence electrons. The van der Waals surface area contributed by atoms with Crippen LogP contribution in [0.3, 0.4) is 0 Å². The number of nitrogens with zero attached hydrogens (tertiary/aromatic N) is 1. The molecule has 1 aliphatic rings. The highest BCUT2D eigenvalue weighted by Gasteiger charge is 2.26. The topological polar surface area (TPSA) is 91.6 Å². The average Bonchev–Trinajstić information content (AvgIpc) is 2.82. The molecule has 1 aliphatic heterocycles. The maximum atomic E-state index is 12.1. The van der Waals surface area contributed by atoms with E-state index in [1.54, 1.807) is 0 Å². The molecule has 1 atom stereocenters. The number of carbonyl (C=O) groups excluding carboxylic acids is 1. The van der Waals surface area contributed by atoms with E-state index in [2.05, 4.69) is 10.6 Å². The fraction of sp³-hybridized carbons (Fsp3) is 0.615. The highest BCUT2D eigenvalue weighted by atomic mass is 32.2. The van der Waals surface area contributed by atoms with E-state index in [1.807, 2.05) is 0 Å². The second kappa shape index (κ2) is 6.17. The van der Waals surface area contributed by atoms with Crippen LogP contribution in [-0.2, 0) is 10.0 Å². The van der Waals surface area contributed by atoms with Crippen LogP contribution in [0.2, 0.25) is 0 Å². The van der Waals surface area contributed by atoms with Gasteiger partial charge in [-0.3, -0.25) is 4.79 Å². The van der Waals surface area contributed by atoms with E-state index >= 15 is 0 Å². The van der Waals surface area contributed by atoms with Crippen molar-refractivity contribution in [1.82, 2.24) is 14.9 Å². The first-order valence-electron chi connectivity index (χ1n) is 6.87. The predicted molar refractivity (Wildman–Crippen MR) is 77.7 cm³/mol. The molecule has 0 spiro atoms. The molecule has 0 bridgehead atoms. The minimum Gasteiger partial charge on any atom is -0.455 e. The van der Waals surface area contributed by atoms with Gasteiger partial charge in [0.2, 0.25) is 10.0 Å². The first-order chi connectivity index (χ1) is 9.82. The molecule has 2 rings (SSSR count). The maximum absolute atomic E-state index is 12.1. The van der Waals surface area contributed by atoms with Crippen LogP contribution in [0.1, 0.15) is 29.2 Å². The summed E-state index contributed by atoms with van der Waals surface area (Å²) >= 11 is 0. The number of amides is 1. The van der Waals surface area contributed by atoms with E-state index in [4.69, 9.17) is 4.42 Å². The Morgan fingerprint density at radius 1 is 1.48 bits per heavy atom. The molecule has 1 fully saturated rings. The van der Waals surface area contributed by atoms with Gasteiger partial charge in [-0.1, -0.05) is 0 Å². The Labute approximate surface area is 124 Å². The van der Waals surface area contributed by atoms with Gasteiger partial charge < -0.3 is 15.1 Å². The van der Waals surface area contributed by atoms with Gasteiger partial charge in [0.05, 0.1) is 0 Å². The summed E-state index contributed by atoms with van der Waals surface area (Å²) in [7, 11) is -0.727. The number of aryl methyl sites for hydroxylation is 1. The summed E-state index contributed by atoms with van der Waals surface area (Å²) < 4.78 is 30.6. The molecule has 7 nitrogen and oxygen atoms in total. The fourth-order valence-electron chi connectivity index (χ4n) is 2.26. The van der Waals surface area contributed by atoms with E-state index in [1.165, 1.54) is 27.1 Å². The molecule has 21 heavy (non-hydrogen) atoms. The van der Waals surface area contributed by atoms with Crippen molar-refractivity contribution in [2.75, 3.05) is 27.2 Å². The summed E-state index contributed by atoms with van der Waals surface area (Å²) in [6, 6.07) is 1.33. The molecule has 8 heteroatoms. The van der Waals surface area contributed by atoms with Crippen LogP contribution >= 0.6 is 0 Å². The Balaban J connectivity index is 2.16. The Hall–Kier alpha value is -1.38. The molecule has 2 N–H and O–H groups in total. The van der Waals surface area contributed by atoms with Crippen molar-refractivity contribution in [2.45, 2.75) is 30.7 Å². The van der Waals surface area contributed by atoms with E-state index in [-0.39, 0.29) is 28.4 Å². The van der Waals surface area contributed by atoms with Crippen molar-refractivity contribution in [3.63, 3.8) is 0 Å². The van der Waals surface area contributed by atoms with Gasteiger partial charge in [0.15, 0.2) is 5.76 Å². The molecule has 0 saturated carbocycles. The zero-order chi connectivity index (χ0) is 15.6. The minimum atomic E-state index is -3.61. The van der Waals surface area contributed by atoms with E-state index in [0.29, 0.717) is 6.54 Å². The fourth-order valence-corrected chi connectivity index (χ4v) is 3.32. The lowest BCUT2D eigenvalue weighted by atomic mass is 10.1. The SMILES string of the molecule is Cc1oc(C(=O)N[C@H]2CCCNC2)cc1S(=O)(=O)N(C)C. The van der Waals surface area contributed by atoms with E-state index in [9.17, 15) is 13.2 Å². The second-order valence-electron chi connectivity index (χ2n) is 5.34. The van der Waals surface area contributed by atoms with Gasteiger partial charge in [-0.05, 0) is 26.3 Å². The summed E-state index contributed by atoms with van der Waals surface area (Å²) in [6.07, 6.45) is 1.91. The first kappa shape index (κ1) is 16.0. The number of carbonyl (C=O) groups is 1. The Bertz CT molecular complexity index is 615. The van der Waals surface area contributed by atoms with Crippen molar-refractivity contribution in [3.8, 4) is 0 Å². The van der Waals surface area contributed by atoms with Gasteiger partial charge in [0.25, 0.3) is 5.91 Å². The standard InChI is InChI=1S/C13H21N3O4S/c1-9-12(21(18,19)16(2)3)7-11(20-9)13(17)15-10-5-4-6-14-8-10/h7,10,14H,4-6,8H2,1-3H3,(H,15,17)/t10-/m0/s1. The van der Waals surface area contributed by atoms with Gasteiger partial charge in [-0.2, -0.15) is 0 Å². The van der Waals surface area contributed by atoms with Gasteiger partial charge in [0.1, 0.15) is 10.7 Å². The van der Waals surface area contributed by atoms with Gasteiger partial charge in [-0.15, -0.1) is 0 Å². The lowest BCUT2D eigenvalue weighted by Gasteiger charge is -2.23. The maximum Gasteiger partial charge on any atom is 0.287 e. The van der Waals surface area contributed by atoms with Crippen LogP contribution in [0.4, 0.5) is 0 Å². The van der Waals surface area contributed by atoms with Crippen LogP contribution in [0, 0.1) is 6.92 Å². The third-order valence-electron chi connectivity index (χ3n) is 3.49. The zero-order valence-electron chi connectivity index (χ0n) is 12.5. The normalized spacial score (nSPS) is 19.7. The number of sulfonamides is 1. The number of hydrogen-bond acceptors (Lipinski definition) is 5. The van der Waals surface area contributed by atoms with Crippen molar-refractivity contribution >= 4 is 15.9 Å². The monoisotopic (exact) mass is 315 g/mol. The molecular formula is C13H21N3O4S. The van der Waals surface area contributed by atoms with E-state index < -0.39 is 10.0 Å². The van der Waals surface area contributed by atoms with Crippen LogP contribution in [0.15, 0.2) is 15.4 Å². The molecule has 0 aromatic carbocycles. The van der Waals surface area contributed by atoms with Crippen LogP contribution < -0.4 is 10.6 Å². The van der Waals surface area contributed by atoms with Crippen molar-refractivity contribution in [1.29, 1.82) is 0 Å². The van der Waals surface area contributed by atoms with Gasteiger partial charge in [-0.25, -0.2) is 12.7 Å². The summed E-state index contributed by atoms with van der Waals surface area (Å²) in [6.45, 7) is 3.21. The van der Waals surface area contributed by atoms with Crippen molar-refractivity contribution in [3.05, 3.63) is 17.6 Å². The molecule has 1 saturated heterocycles. The van der Waals surface area contributed by atoms with Crippen molar-refractivity contribution in [2.24, 2.45) is 0 Å². The molecular weight excluding hydrogens is 294 g/mol. The highest BCUT2D eigenvalue weighted by Crippen LogP contribution is 2.22. The Morgan fingerprint density at radius 2 is 2.19 bits per heavy atom. The number of furan rings is 1. The molecule has 2 heterocycles. The van der Waals surface area contributed by atoms with Crippen LogP contribution in [0.25, 0.3) is 0 Å². The quantitative estimate of drug-likeness (QED) is 0.835. The molecule has 1 amide bonds. The molecule has 1 aromatic rings. The summed E-state index contributed by atoms with van der Waals surface area (Å²) in [5, 5.41) is 6.05. The Kier molecular flexibility index (Phi) is 4.70. The molecule has 1 aromatic heterocycles. The van der Waals surface area contributed by atoms with Crippen LogP contribution in [0.5, 0.6) is 0 Å². The third-order valence-corrected chi connectivity index (χ3v) is 5.41. The van der Waals surface area contributed by atoms with Gasteiger partial charge in [0, 0.05) is 32.7 Å². The lowest BCUT2D eigenvalue weighted by molar-refractivity contribution is 0.0901.